The largest absolute Gasteiger partial charge is 0.416 e. The Morgan fingerprint density at radius 1 is 1.17 bits per heavy atom. The summed E-state index contributed by atoms with van der Waals surface area (Å²) in [5.41, 5.74) is -2.81. The lowest BCUT2D eigenvalue weighted by Crippen LogP contribution is -2.52. The van der Waals surface area contributed by atoms with Crippen LogP contribution in [-0.2, 0) is 18.3 Å². The van der Waals surface area contributed by atoms with E-state index >= 15 is 0 Å². The lowest BCUT2D eigenvalue weighted by Gasteiger charge is -2.35. The second-order valence-corrected chi connectivity index (χ2v) is 8.81. The number of aromatic nitrogens is 4. The Morgan fingerprint density at radius 3 is 2.50 bits per heavy atom. The lowest BCUT2D eigenvalue weighted by molar-refractivity contribution is -0.137. The third-order valence-corrected chi connectivity index (χ3v) is 6.42. The molecule has 4 rings (SSSR count). The number of nitrogens with one attached hydrogen (secondary N) is 1. The van der Waals surface area contributed by atoms with Crippen LogP contribution in [0.15, 0.2) is 60.5 Å². The minimum absolute atomic E-state index is 0.0515. The van der Waals surface area contributed by atoms with Gasteiger partial charge >= 0.3 is 6.18 Å². The summed E-state index contributed by atoms with van der Waals surface area (Å²) in [4.78, 5) is 20.9. The molecule has 0 aliphatic heterocycles. The van der Waals surface area contributed by atoms with Crippen molar-refractivity contribution in [1.82, 2.24) is 25.1 Å². The highest BCUT2D eigenvalue weighted by molar-refractivity contribution is 7.13. The molecular formula is C23H18F5N5O2S. The van der Waals surface area contributed by atoms with Gasteiger partial charge in [-0.1, -0.05) is 18.2 Å². The van der Waals surface area contributed by atoms with Crippen LogP contribution in [0.5, 0.6) is 0 Å². The van der Waals surface area contributed by atoms with Crippen LogP contribution < -0.4 is 5.32 Å². The molecule has 2 aromatic carbocycles. The van der Waals surface area contributed by atoms with Crippen LogP contribution >= 0.6 is 11.3 Å². The van der Waals surface area contributed by atoms with Crippen LogP contribution in [0.2, 0.25) is 0 Å². The highest BCUT2D eigenvalue weighted by Crippen LogP contribution is 2.33. The summed E-state index contributed by atoms with van der Waals surface area (Å²) in [6, 6.07) is 5.89. The number of benzene rings is 2. The molecule has 2 heterocycles. The van der Waals surface area contributed by atoms with E-state index in [1.807, 2.05) is 0 Å². The van der Waals surface area contributed by atoms with Gasteiger partial charge in [0.15, 0.2) is 0 Å². The van der Waals surface area contributed by atoms with E-state index in [9.17, 15) is 31.9 Å². The molecule has 0 saturated heterocycles. The zero-order chi connectivity index (χ0) is 26.1. The van der Waals surface area contributed by atoms with Crippen molar-refractivity contribution in [2.75, 3.05) is 0 Å². The maximum absolute atomic E-state index is 14.6. The first-order valence-electron chi connectivity index (χ1n) is 10.4. The molecule has 0 aliphatic carbocycles. The first kappa shape index (κ1) is 25.4. The van der Waals surface area contributed by atoms with Gasteiger partial charge in [-0.3, -0.25) is 4.79 Å². The molecule has 7 nitrogen and oxygen atoms in total. The number of thiazole rings is 1. The third kappa shape index (κ3) is 5.26. The molecule has 13 heteroatoms. The molecule has 0 spiro atoms. The van der Waals surface area contributed by atoms with Gasteiger partial charge < -0.3 is 10.4 Å². The first-order valence-corrected chi connectivity index (χ1v) is 11.3. The SMILES string of the molecule is CC(NC(=O)c1csc(-c2ccc(C(F)(F)F)cc2)n1)C(O)(Cn1cncn1)c1ccc(F)cc1F. The zero-order valence-corrected chi connectivity index (χ0v) is 19.3. The van der Waals surface area contributed by atoms with Gasteiger partial charge in [-0.15, -0.1) is 11.3 Å². The molecule has 0 aliphatic rings. The van der Waals surface area contributed by atoms with Gasteiger partial charge in [-0.25, -0.2) is 23.4 Å². The number of alkyl halides is 3. The van der Waals surface area contributed by atoms with Crippen molar-refractivity contribution in [2.24, 2.45) is 0 Å². The standard InChI is InChI=1S/C23H18F5N5O2S/c1-13(22(35,10-33-12-29-11-30-33)17-7-6-16(24)8-18(17)25)31-20(34)19-9-36-21(32-19)14-2-4-15(5-3-14)23(26,27)28/h2-9,11-13,35H,10H2,1H3,(H,31,34). The van der Waals surface area contributed by atoms with Crippen LogP contribution in [0.1, 0.15) is 28.5 Å². The van der Waals surface area contributed by atoms with E-state index in [0.29, 0.717) is 16.6 Å². The zero-order valence-electron chi connectivity index (χ0n) is 18.5. The van der Waals surface area contributed by atoms with Gasteiger partial charge in [0.05, 0.1) is 18.2 Å². The fraction of sp³-hybridized carbons (Fsp3) is 0.217. The van der Waals surface area contributed by atoms with Gasteiger partial charge in [-0.2, -0.15) is 18.3 Å². The number of hydrogen-bond donors (Lipinski definition) is 2. The summed E-state index contributed by atoms with van der Waals surface area (Å²) in [5.74, 6) is -2.57. The highest BCUT2D eigenvalue weighted by Gasteiger charge is 2.40. The molecule has 2 atom stereocenters. The minimum Gasteiger partial charge on any atom is -0.381 e. The van der Waals surface area contributed by atoms with E-state index in [1.165, 1.54) is 41.8 Å². The van der Waals surface area contributed by atoms with Crippen molar-refractivity contribution < 1.29 is 31.9 Å². The molecule has 2 aromatic heterocycles. The number of rotatable bonds is 7. The fourth-order valence-electron chi connectivity index (χ4n) is 3.56. The number of aliphatic hydroxyl groups is 1. The molecule has 188 valence electrons. The molecule has 2 N–H and O–H groups in total. The molecule has 0 radical (unpaired) electrons. The van der Waals surface area contributed by atoms with Crippen LogP contribution in [0.4, 0.5) is 22.0 Å². The van der Waals surface area contributed by atoms with Crippen molar-refractivity contribution in [3.63, 3.8) is 0 Å². The maximum atomic E-state index is 14.6. The van der Waals surface area contributed by atoms with Crippen molar-refractivity contribution in [1.29, 1.82) is 0 Å². The summed E-state index contributed by atoms with van der Waals surface area (Å²) < 4.78 is 67.8. The summed E-state index contributed by atoms with van der Waals surface area (Å²) in [5, 5.41) is 19.7. The number of hydrogen-bond acceptors (Lipinski definition) is 6. The molecule has 0 fully saturated rings. The van der Waals surface area contributed by atoms with E-state index in [1.54, 1.807) is 0 Å². The second kappa shape index (κ2) is 9.74. The van der Waals surface area contributed by atoms with Crippen molar-refractivity contribution in [3.05, 3.63) is 89.0 Å². The Kier molecular flexibility index (Phi) is 6.87. The van der Waals surface area contributed by atoms with Gasteiger partial charge in [-0.05, 0) is 25.1 Å². The van der Waals surface area contributed by atoms with Crippen molar-refractivity contribution in [2.45, 2.75) is 31.3 Å². The van der Waals surface area contributed by atoms with Crippen LogP contribution in [0, 0.1) is 11.6 Å². The smallest absolute Gasteiger partial charge is 0.381 e. The van der Waals surface area contributed by atoms with Gasteiger partial charge in [0, 0.05) is 22.6 Å². The van der Waals surface area contributed by atoms with Crippen LogP contribution in [0.3, 0.4) is 0 Å². The summed E-state index contributed by atoms with van der Waals surface area (Å²) in [6.07, 6.45) is -1.98. The average molecular weight is 523 g/mol. The number of carbonyl (C=O) groups excluding carboxylic acids is 1. The highest BCUT2D eigenvalue weighted by atomic mass is 32.1. The second-order valence-electron chi connectivity index (χ2n) is 7.95. The number of amides is 1. The Hall–Kier alpha value is -3.71. The normalized spacial score (nSPS) is 14.3. The topological polar surface area (TPSA) is 92.9 Å². The Labute approximate surface area is 205 Å². The molecule has 0 saturated carbocycles. The predicted molar refractivity (Wildman–Crippen MR) is 120 cm³/mol. The van der Waals surface area contributed by atoms with Gasteiger partial charge in [0.1, 0.15) is 40.6 Å². The van der Waals surface area contributed by atoms with Gasteiger partial charge in [0.25, 0.3) is 5.91 Å². The van der Waals surface area contributed by atoms with E-state index in [0.717, 1.165) is 35.6 Å². The van der Waals surface area contributed by atoms with Crippen molar-refractivity contribution >= 4 is 17.2 Å². The van der Waals surface area contributed by atoms with Crippen LogP contribution in [-0.4, -0.2) is 36.8 Å². The Bertz CT molecular complexity index is 1360. The first-order chi connectivity index (χ1) is 17.0. The molecule has 0 bridgehead atoms. The van der Waals surface area contributed by atoms with Crippen LogP contribution in [0.25, 0.3) is 10.6 Å². The number of carbonyl (C=O) groups is 1. The average Bonchev–Trinajstić information content (AvgIpc) is 3.51. The number of nitrogens with zero attached hydrogens (tertiary/aromatic N) is 4. The third-order valence-electron chi connectivity index (χ3n) is 5.53. The summed E-state index contributed by atoms with van der Waals surface area (Å²) in [6.45, 7) is 1.12. The molecule has 1 amide bonds. The molecular weight excluding hydrogens is 505 g/mol. The minimum atomic E-state index is -4.48. The van der Waals surface area contributed by atoms with E-state index in [4.69, 9.17) is 0 Å². The van der Waals surface area contributed by atoms with E-state index < -0.39 is 40.9 Å². The number of halogens is 5. The predicted octanol–water partition coefficient (Wildman–Crippen LogP) is 4.40. The molecule has 4 aromatic rings. The van der Waals surface area contributed by atoms with E-state index in [2.05, 4.69) is 20.4 Å². The van der Waals surface area contributed by atoms with E-state index in [-0.39, 0.29) is 17.8 Å². The summed E-state index contributed by atoms with van der Waals surface area (Å²) in [7, 11) is 0. The summed E-state index contributed by atoms with van der Waals surface area (Å²) >= 11 is 1.04. The quantitative estimate of drug-likeness (QED) is 0.350. The van der Waals surface area contributed by atoms with Crippen molar-refractivity contribution in [3.8, 4) is 10.6 Å². The molecule has 36 heavy (non-hydrogen) atoms. The lowest BCUT2D eigenvalue weighted by atomic mass is 9.86. The molecule has 2 unspecified atom stereocenters. The van der Waals surface area contributed by atoms with Gasteiger partial charge in [0.2, 0.25) is 0 Å². The maximum Gasteiger partial charge on any atom is 0.416 e. The fourth-order valence-corrected chi connectivity index (χ4v) is 4.37. The Morgan fingerprint density at radius 2 is 1.89 bits per heavy atom. The Balaban J connectivity index is 1.57. The monoisotopic (exact) mass is 523 g/mol.